The summed E-state index contributed by atoms with van der Waals surface area (Å²) in [5, 5.41) is 4.81. The van der Waals surface area contributed by atoms with Crippen LogP contribution in [0.25, 0.3) is 0 Å². The van der Waals surface area contributed by atoms with E-state index in [9.17, 15) is 0 Å². The van der Waals surface area contributed by atoms with Crippen molar-refractivity contribution in [1.29, 1.82) is 0 Å². The number of likely N-dealkylation sites (tertiary alicyclic amines) is 1. The molecule has 184 valence electrons. The molecule has 5 nitrogen and oxygen atoms in total. The lowest BCUT2D eigenvalue weighted by Gasteiger charge is -2.53. The first kappa shape index (κ1) is 24.1. The molecule has 0 amide bonds. The molecule has 3 heterocycles. The summed E-state index contributed by atoms with van der Waals surface area (Å²) in [4.78, 5) is 14.7. The number of hydrogen-bond donors (Lipinski definition) is 1. The van der Waals surface area contributed by atoms with E-state index in [-0.39, 0.29) is 6.04 Å². The number of aryl methyl sites for hydroxylation is 1. The summed E-state index contributed by atoms with van der Waals surface area (Å²) in [6.45, 7) is 13.6. The lowest BCUT2D eigenvalue weighted by Crippen LogP contribution is -2.57. The maximum absolute atomic E-state index is 6.41. The highest BCUT2D eigenvalue weighted by molar-refractivity contribution is 6.35. The van der Waals surface area contributed by atoms with Crippen LogP contribution in [0.4, 0.5) is 11.8 Å². The number of halogens is 2. The van der Waals surface area contributed by atoms with Crippen LogP contribution in [-0.4, -0.2) is 47.1 Å². The van der Waals surface area contributed by atoms with E-state index in [1.165, 1.54) is 38.8 Å². The van der Waals surface area contributed by atoms with Gasteiger partial charge in [0.2, 0.25) is 5.95 Å². The number of nitrogens with zero attached hydrogens (tertiary/aromatic N) is 4. The van der Waals surface area contributed by atoms with E-state index in [0.717, 1.165) is 54.0 Å². The molecule has 1 aromatic carbocycles. The molecule has 2 saturated heterocycles. The van der Waals surface area contributed by atoms with E-state index in [1.54, 1.807) is 6.07 Å². The SMILES string of the molecule is Cc1cc(N[C@H](C)c2ccc(Cl)cc2Cl)nc(N2CC([C@H]3CCCN(C4CC(C)(C)C4)C3)C2)n1. The van der Waals surface area contributed by atoms with E-state index in [4.69, 9.17) is 33.2 Å². The topological polar surface area (TPSA) is 44.3 Å². The Bertz CT molecular complexity index is 1030. The molecule has 0 bridgehead atoms. The van der Waals surface area contributed by atoms with Gasteiger partial charge in [0.05, 0.1) is 6.04 Å². The van der Waals surface area contributed by atoms with Gasteiger partial charge in [-0.05, 0) is 81.0 Å². The van der Waals surface area contributed by atoms with Gasteiger partial charge in [-0.3, -0.25) is 0 Å². The van der Waals surface area contributed by atoms with Crippen molar-refractivity contribution in [3.63, 3.8) is 0 Å². The van der Waals surface area contributed by atoms with E-state index in [2.05, 4.69) is 35.9 Å². The molecular formula is C27H37Cl2N5. The number of aromatic nitrogens is 2. The average molecular weight is 503 g/mol. The average Bonchev–Trinajstić information content (AvgIpc) is 2.70. The van der Waals surface area contributed by atoms with Gasteiger partial charge in [0, 0.05) is 47.5 Å². The van der Waals surface area contributed by atoms with Crippen LogP contribution < -0.4 is 10.2 Å². The highest BCUT2D eigenvalue weighted by Gasteiger charge is 2.43. The molecule has 34 heavy (non-hydrogen) atoms. The Balaban J connectivity index is 1.19. The van der Waals surface area contributed by atoms with Gasteiger partial charge in [-0.25, -0.2) is 4.98 Å². The summed E-state index contributed by atoms with van der Waals surface area (Å²) in [6.07, 6.45) is 5.44. The normalized spacial score (nSPS) is 24.4. The Hall–Kier alpha value is -1.56. The van der Waals surface area contributed by atoms with Crippen LogP contribution >= 0.6 is 23.2 Å². The molecule has 2 atom stereocenters. The van der Waals surface area contributed by atoms with Crippen LogP contribution in [0.1, 0.15) is 63.8 Å². The van der Waals surface area contributed by atoms with E-state index in [0.29, 0.717) is 15.5 Å². The predicted octanol–water partition coefficient (Wildman–Crippen LogP) is 6.60. The highest BCUT2D eigenvalue weighted by Crippen LogP contribution is 2.44. The zero-order chi connectivity index (χ0) is 24.0. The van der Waals surface area contributed by atoms with Gasteiger partial charge in [0.25, 0.3) is 0 Å². The third-order valence-corrected chi connectivity index (χ3v) is 8.64. The van der Waals surface area contributed by atoms with Crippen LogP contribution in [0, 0.1) is 24.2 Å². The number of nitrogens with one attached hydrogen (secondary N) is 1. The molecule has 3 fully saturated rings. The van der Waals surface area contributed by atoms with E-state index < -0.39 is 0 Å². The lowest BCUT2D eigenvalue weighted by molar-refractivity contribution is -0.00913. The second kappa shape index (κ2) is 9.48. The number of rotatable bonds is 6. The quantitative estimate of drug-likeness (QED) is 0.482. The fourth-order valence-corrected chi connectivity index (χ4v) is 6.70. The summed E-state index contributed by atoms with van der Waals surface area (Å²) in [7, 11) is 0. The van der Waals surface area contributed by atoms with E-state index >= 15 is 0 Å². The van der Waals surface area contributed by atoms with Crippen LogP contribution in [0.5, 0.6) is 0 Å². The summed E-state index contributed by atoms with van der Waals surface area (Å²) in [5.41, 5.74) is 2.53. The van der Waals surface area contributed by atoms with Crippen LogP contribution in [-0.2, 0) is 0 Å². The molecule has 5 rings (SSSR count). The summed E-state index contributed by atoms with van der Waals surface area (Å²) >= 11 is 12.5. The molecule has 1 N–H and O–H groups in total. The van der Waals surface area contributed by atoms with Gasteiger partial charge < -0.3 is 15.1 Å². The number of hydrogen-bond acceptors (Lipinski definition) is 5. The minimum absolute atomic E-state index is 0.0146. The largest absolute Gasteiger partial charge is 0.363 e. The summed E-state index contributed by atoms with van der Waals surface area (Å²) < 4.78 is 0. The Morgan fingerprint density at radius 3 is 2.53 bits per heavy atom. The molecule has 1 aliphatic carbocycles. The Morgan fingerprint density at radius 2 is 1.82 bits per heavy atom. The second-order valence-corrected chi connectivity index (χ2v) is 12.4. The zero-order valence-corrected chi connectivity index (χ0v) is 22.3. The first-order valence-electron chi connectivity index (χ1n) is 12.7. The number of benzene rings is 1. The van der Waals surface area contributed by atoms with Crippen molar-refractivity contribution >= 4 is 35.0 Å². The fourth-order valence-electron chi connectivity index (χ4n) is 6.13. The van der Waals surface area contributed by atoms with Crippen molar-refractivity contribution in [2.24, 2.45) is 17.3 Å². The second-order valence-electron chi connectivity index (χ2n) is 11.5. The van der Waals surface area contributed by atoms with Crippen LogP contribution in [0.15, 0.2) is 24.3 Å². The third kappa shape index (κ3) is 5.17. The third-order valence-electron chi connectivity index (χ3n) is 8.08. The molecule has 0 spiro atoms. The van der Waals surface area contributed by atoms with Gasteiger partial charge in [-0.15, -0.1) is 0 Å². The fraction of sp³-hybridized carbons (Fsp3) is 0.630. The monoisotopic (exact) mass is 501 g/mol. The summed E-state index contributed by atoms with van der Waals surface area (Å²) in [6, 6.07) is 8.46. The maximum Gasteiger partial charge on any atom is 0.227 e. The van der Waals surface area contributed by atoms with Gasteiger partial charge >= 0.3 is 0 Å². The molecule has 0 unspecified atom stereocenters. The first-order chi connectivity index (χ1) is 16.2. The standard InChI is InChI=1S/C27H37Cl2N5/c1-17-10-25(31-18(2)23-8-7-21(28)11-24(23)29)32-26(30-17)34-15-20(16-34)19-6-5-9-33(14-19)22-12-27(3,4)13-22/h7-8,10-11,18-20,22H,5-6,9,12-16H2,1-4H3,(H,30,31,32)/t18-,19+/m1/s1. The van der Waals surface area contributed by atoms with Crippen LogP contribution in [0.2, 0.25) is 10.0 Å². The van der Waals surface area contributed by atoms with Crippen molar-refractivity contribution < 1.29 is 0 Å². The van der Waals surface area contributed by atoms with Gasteiger partial charge in [0.15, 0.2) is 0 Å². The molecular weight excluding hydrogens is 465 g/mol. The molecule has 3 aliphatic rings. The molecule has 2 aromatic rings. The minimum Gasteiger partial charge on any atom is -0.363 e. The van der Waals surface area contributed by atoms with Gasteiger partial charge in [-0.2, -0.15) is 4.98 Å². The highest BCUT2D eigenvalue weighted by atomic mass is 35.5. The predicted molar refractivity (Wildman–Crippen MR) is 142 cm³/mol. The zero-order valence-electron chi connectivity index (χ0n) is 20.8. The smallest absolute Gasteiger partial charge is 0.227 e. The molecule has 1 aromatic heterocycles. The molecule has 7 heteroatoms. The minimum atomic E-state index is 0.0146. The Labute approximate surface area is 214 Å². The van der Waals surface area contributed by atoms with Crippen molar-refractivity contribution in [2.45, 2.75) is 65.5 Å². The van der Waals surface area contributed by atoms with Crippen molar-refractivity contribution in [1.82, 2.24) is 14.9 Å². The lowest BCUT2D eigenvalue weighted by atomic mass is 9.67. The molecule has 2 aliphatic heterocycles. The Morgan fingerprint density at radius 1 is 1.06 bits per heavy atom. The van der Waals surface area contributed by atoms with Crippen molar-refractivity contribution in [2.75, 3.05) is 36.4 Å². The van der Waals surface area contributed by atoms with Crippen molar-refractivity contribution in [3.8, 4) is 0 Å². The summed E-state index contributed by atoms with van der Waals surface area (Å²) in [5.74, 6) is 3.23. The number of anilines is 2. The van der Waals surface area contributed by atoms with Gasteiger partial charge in [-0.1, -0.05) is 43.1 Å². The Kier molecular flexibility index (Phi) is 6.73. The number of piperidine rings is 1. The van der Waals surface area contributed by atoms with Gasteiger partial charge in [0.1, 0.15) is 5.82 Å². The van der Waals surface area contributed by atoms with Crippen molar-refractivity contribution in [3.05, 3.63) is 45.6 Å². The van der Waals surface area contributed by atoms with E-state index in [1.807, 2.05) is 25.1 Å². The molecule has 1 saturated carbocycles. The van der Waals surface area contributed by atoms with Crippen LogP contribution in [0.3, 0.4) is 0 Å². The maximum atomic E-state index is 6.41. The first-order valence-corrected chi connectivity index (χ1v) is 13.5. The molecule has 0 radical (unpaired) electrons.